The van der Waals surface area contributed by atoms with E-state index in [1.807, 2.05) is 13.8 Å². The molecule has 0 saturated heterocycles. The Kier molecular flexibility index (Phi) is 5.54. The van der Waals surface area contributed by atoms with Crippen LogP contribution in [-0.4, -0.2) is 49.8 Å². The lowest BCUT2D eigenvalue weighted by molar-refractivity contribution is 0.102. The number of rotatable bonds is 5. The molecular formula is C20H22N4O4S. The number of benzene rings is 2. The summed E-state index contributed by atoms with van der Waals surface area (Å²) >= 11 is 0. The zero-order valence-corrected chi connectivity index (χ0v) is 17.7. The quantitative estimate of drug-likeness (QED) is 0.689. The standard InChI is InChI=1S/C20H22N4O4S/c1-12-13(2)22-17-10-14(6-8-16(17)21-12)20(25)23-15-7-9-18(28-5)19(11-15)29(26,27)24(3)4/h6-11H,1-5H3,(H,23,25). The van der Waals surface area contributed by atoms with Gasteiger partial charge in [-0.1, -0.05) is 0 Å². The lowest BCUT2D eigenvalue weighted by Crippen LogP contribution is -2.23. The molecular weight excluding hydrogens is 392 g/mol. The second-order valence-corrected chi connectivity index (χ2v) is 8.83. The van der Waals surface area contributed by atoms with Crippen molar-refractivity contribution < 1.29 is 17.9 Å². The first-order chi connectivity index (χ1) is 13.6. The van der Waals surface area contributed by atoms with E-state index in [1.165, 1.54) is 33.3 Å². The number of ether oxygens (including phenoxy) is 1. The molecule has 1 amide bonds. The van der Waals surface area contributed by atoms with Gasteiger partial charge in [-0.15, -0.1) is 0 Å². The summed E-state index contributed by atoms with van der Waals surface area (Å²) in [5.74, 6) is -0.186. The highest BCUT2D eigenvalue weighted by Gasteiger charge is 2.23. The van der Waals surface area contributed by atoms with Crippen molar-refractivity contribution >= 4 is 32.7 Å². The molecule has 0 unspecified atom stereocenters. The van der Waals surface area contributed by atoms with Crippen molar-refractivity contribution in [1.29, 1.82) is 0 Å². The number of anilines is 1. The molecule has 3 rings (SSSR count). The summed E-state index contributed by atoms with van der Waals surface area (Å²) in [7, 11) is 0.510. The van der Waals surface area contributed by atoms with Crippen LogP contribution < -0.4 is 10.1 Å². The van der Waals surface area contributed by atoms with Crippen LogP contribution in [0.5, 0.6) is 5.75 Å². The summed E-state index contributed by atoms with van der Waals surface area (Å²) < 4.78 is 31.3. The van der Waals surface area contributed by atoms with Gasteiger partial charge in [0.25, 0.3) is 5.91 Å². The van der Waals surface area contributed by atoms with Gasteiger partial charge in [0, 0.05) is 25.3 Å². The van der Waals surface area contributed by atoms with Crippen LogP contribution in [0.4, 0.5) is 5.69 Å². The van der Waals surface area contributed by atoms with Crippen molar-refractivity contribution in [1.82, 2.24) is 14.3 Å². The van der Waals surface area contributed by atoms with Crippen molar-refractivity contribution in [2.24, 2.45) is 0 Å². The number of hydrogen-bond donors (Lipinski definition) is 1. The van der Waals surface area contributed by atoms with Crippen LogP contribution in [0.1, 0.15) is 21.7 Å². The largest absolute Gasteiger partial charge is 0.495 e. The number of amides is 1. The van der Waals surface area contributed by atoms with Gasteiger partial charge in [-0.25, -0.2) is 22.7 Å². The number of fused-ring (bicyclic) bond motifs is 1. The molecule has 0 aliphatic carbocycles. The van der Waals surface area contributed by atoms with E-state index in [1.54, 1.807) is 24.3 Å². The van der Waals surface area contributed by atoms with Gasteiger partial charge in [0.05, 0.1) is 29.5 Å². The van der Waals surface area contributed by atoms with Crippen molar-refractivity contribution in [3.05, 3.63) is 53.3 Å². The zero-order chi connectivity index (χ0) is 21.3. The molecule has 1 N–H and O–H groups in total. The first-order valence-electron chi connectivity index (χ1n) is 8.80. The Balaban J connectivity index is 1.95. The second kappa shape index (κ2) is 7.76. The molecule has 3 aromatic rings. The van der Waals surface area contributed by atoms with E-state index in [-0.39, 0.29) is 16.6 Å². The van der Waals surface area contributed by atoms with Crippen molar-refractivity contribution in [2.45, 2.75) is 18.7 Å². The van der Waals surface area contributed by atoms with Crippen LogP contribution in [0.3, 0.4) is 0 Å². The maximum atomic E-state index is 12.7. The van der Waals surface area contributed by atoms with E-state index in [0.29, 0.717) is 22.3 Å². The molecule has 1 aromatic heterocycles. The predicted octanol–water partition coefficient (Wildman–Crippen LogP) is 2.76. The van der Waals surface area contributed by atoms with Crippen LogP contribution in [0, 0.1) is 13.8 Å². The average molecular weight is 414 g/mol. The normalized spacial score (nSPS) is 11.7. The fourth-order valence-corrected chi connectivity index (χ4v) is 3.80. The van der Waals surface area contributed by atoms with Gasteiger partial charge in [-0.05, 0) is 50.2 Å². The van der Waals surface area contributed by atoms with Crippen molar-refractivity contribution in [2.75, 3.05) is 26.5 Å². The third-order valence-electron chi connectivity index (χ3n) is 4.52. The minimum absolute atomic E-state index is 0.0294. The van der Waals surface area contributed by atoms with Gasteiger partial charge in [-0.3, -0.25) is 4.79 Å². The number of aryl methyl sites for hydroxylation is 2. The molecule has 0 radical (unpaired) electrons. The first-order valence-corrected chi connectivity index (χ1v) is 10.2. The molecule has 152 valence electrons. The Labute approximate surface area is 169 Å². The van der Waals surface area contributed by atoms with Gasteiger partial charge in [-0.2, -0.15) is 0 Å². The number of methoxy groups -OCH3 is 1. The molecule has 0 atom stereocenters. The molecule has 0 spiro atoms. The van der Waals surface area contributed by atoms with E-state index in [2.05, 4.69) is 15.3 Å². The van der Waals surface area contributed by atoms with E-state index in [9.17, 15) is 13.2 Å². The molecule has 9 heteroatoms. The number of carbonyl (C=O) groups excluding carboxylic acids is 1. The number of aromatic nitrogens is 2. The fraction of sp³-hybridized carbons (Fsp3) is 0.250. The minimum atomic E-state index is -3.74. The summed E-state index contributed by atoms with van der Waals surface area (Å²) in [5.41, 5.74) is 3.68. The molecule has 0 saturated carbocycles. The highest BCUT2D eigenvalue weighted by Crippen LogP contribution is 2.29. The molecule has 0 aliphatic rings. The SMILES string of the molecule is COc1ccc(NC(=O)c2ccc3nc(C)c(C)nc3c2)cc1S(=O)(=O)N(C)C. The maximum Gasteiger partial charge on any atom is 0.255 e. The Morgan fingerprint density at radius 1 is 1.00 bits per heavy atom. The Morgan fingerprint density at radius 3 is 2.28 bits per heavy atom. The third kappa shape index (κ3) is 4.06. The van der Waals surface area contributed by atoms with Gasteiger partial charge in [0.15, 0.2) is 0 Å². The van der Waals surface area contributed by atoms with Crippen molar-refractivity contribution in [3.63, 3.8) is 0 Å². The predicted molar refractivity (Wildman–Crippen MR) is 111 cm³/mol. The van der Waals surface area contributed by atoms with Gasteiger partial charge in [0.2, 0.25) is 10.0 Å². The number of carbonyl (C=O) groups is 1. The maximum absolute atomic E-state index is 12.7. The van der Waals surface area contributed by atoms with E-state index < -0.39 is 10.0 Å². The minimum Gasteiger partial charge on any atom is -0.495 e. The van der Waals surface area contributed by atoms with Crippen LogP contribution in [-0.2, 0) is 10.0 Å². The summed E-state index contributed by atoms with van der Waals surface area (Å²) in [5, 5.41) is 2.73. The van der Waals surface area contributed by atoms with E-state index >= 15 is 0 Å². The Hall–Kier alpha value is -3.04. The lowest BCUT2D eigenvalue weighted by Gasteiger charge is -2.16. The Bertz CT molecular complexity index is 1210. The third-order valence-corrected chi connectivity index (χ3v) is 6.35. The summed E-state index contributed by atoms with van der Waals surface area (Å²) in [6.07, 6.45) is 0. The van der Waals surface area contributed by atoms with Crippen molar-refractivity contribution in [3.8, 4) is 5.75 Å². The molecule has 0 bridgehead atoms. The molecule has 0 aliphatic heterocycles. The van der Waals surface area contributed by atoms with Crippen LogP contribution in [0.2, 0.25) is 0 Å². The van der Waals surface area contributed by atoms with Gasteiger partial charge >= 0.3 is 0 Å². The monoisotopic (exact) mass is 414 g/mol. The summed E-state index contributed by atoms with van der Waals surface area (Å²) in [6.45, 7) is 3.74. The van der Waals surface area contributed by atoms with Crippen LogP contribution >= 0.6 is 0 Å². The number of hydrogen-bond acceptors (Lipinski definition) is 6. The highest BCUT2D eigenvalue weighted by molar-refractivity contribution is 7.89. The van der Waals surface area contributed by atoms with Crippen LogP contribution in [0.25, 0.3) is 11.0 Å². The average Bonchev–Trinajstić information content (AvgIpc) is 2.68. The molecule has 2 aromatic carbocycles. The number of nitrogens with one attached hydrogen (secondary N) is 1. The van der Waals surface area contributed by atoms with E-state index in [4.69, 9.17) is 4.74 Å². The molecule has 0 fully saturated rings. The summed E-state index contributed by atoms with van der Waals surface area (Å²) in [4.78, 5) is 21.6. The molecule has 1 heterocycles. The first kappa shape index (κ1) is 20.7. The van der Waals surface area contributed by atoms with Gasteiger partial charge in [0.1, 0.15) is 10.6 Å². The number of nitrogens with zero attached hydrogens (tertiary/aromatic N) is 3. The van der Waals surface area contributed by atoms with Crippen LogP contribution in [0.15, 0.2) is 41.3 Å². The fourth-order valence-electron chi connectivity index (χ4n) is 2.73. The molecule has 29 heavy (non-hydrogen) atoms. The molecule has 8 nitrogen and oxygen atoms in total. The lowest BCUT2D eigenvalue weighted by atomic mass is 10.1. The van der Waals surface area contributed by atoms with Gasteiger partial charge < -0.3 is 10.1 Å². The topological polar surface area (TPSA) is 101 Å². The number of sulfonamides is 1. The smallest absolute Gasteiger partial charge is 0.255 e. The highest BCUT2D eigenvalue weighted by atomic mass is 32.2. The summed E-state index contributed by atoms with van der Waals surface area (Å²) in [6, 6.07) is 9.51. The zero-order valence-electron chi connectivity index (χ0n) is 16.8. The Morgan fingerprint density at radius 2 is 1.66 bits per heavy atom. The van der Waals surface area contributed by atoms with E-state index in [0.717, 1.165) is 15.7 Å². The second-order valence-electron chi connectivity index (χ2n) is 6.71.